The van der Waals surface area contributed by atoms with E-state index in [1.165, 1.54) is 6.07 Å². The normalized spacial score (nSPS) is 11.4. The first kappa shape index (κ1) is 15.4. The maximum absolute atomic E-state index is 10.9. The summed E-state index contributed by atoms with van der Waals surface area (Å²) >= 11 is -2.23. The third kappa shape index (κ3) is 3.43. The van der Waals surface area contributed by atoms with Gasteiger partial charge in [0.05, 0.1) is 7.11 Å². The first-order valence-electron chi connectivity index (χ1n) is 5.05. The minimum absolute atomic E-state index is 0. The maximum Gasteiger partial charge on any atom is 1.00 e. The maximum atomic E-state index is 10.9. The first-order valence-corrected chi connectivity index (χ1v) is 6.12. The summed E-state index contributed by atoms with van der Waals surface area (Å²) in [5.41, 5.74) is 1.70. The average molecular weight is 270 g/mol. The summed E-state index contributed by atoms with van der Waals surface area (Å²) in [7, 11) is 1.57. The van der Waals surface area contributed by atoms with Gasteiger partial charge in [-0.2, -0.15) is 0 Å². The van der Waals surface area contributed by atoms with E-state index < -0.39 is 11.1 Å². The summed E-state index contributed by atoms with van der Waals surface area (Å²) in [5.74, 6) is 0.658. The fourth-order valence-corrected chi connectivity index (χ4v) is 2.03. The largest absolute Gasteiger partial charge is 1.00 e. The number of rotatable bonds is 3. The van der Waals surface area contributed by atoms with Gasteiger partial charge in [0.25, 0.3) is 0 Å². The Morgan fingerprint density at radius 3 is 2.33 bits per heavy atom. The summed E-state index contributed by atoms with van der Waals surface area (Å²) in [5, 5.41) is 0. The van der Waals surface area contributed by atoms with Crippen LogP contribution in [0.25, 0.3) is 11.1 Å². The Bertz CT molecular complexity index is 543. The van der Waals surface area contributed by atoms with Crippen molar-refractivity contribution in [1.82, 2.24) is 0 Å². The summed E-state index contributed by atoms with van der Waals surface area (Å²) < 4.78 is 27.1. The van der Waals surface area contributed by atoms with Crippen LogP contribution in [0.15, 0.2) is 53.4 Å². The molecule has 0 fully saturated rings. The van der Waals surface area contributed by atoms with Crippen LogP contribution in [-0.4, -0.2) is 15.9 Å². The van der Waals surface area contributed by atoms with Crippen LogP contribution in [0, 0.1) is 0 Å². The van der Waals surface area contributed by atoms with Crippen molar-refractivity contribution in [2.45, 2.75) is 4.90 Å². The predicted octanol–water partition coefficient (Wildman–Crippen LogP) is -0.396. The van der Waals surface area contributed by atoms with E-state index in [9.17, 15) is 8.76 Å². The molecule has 18 heavy (non-hydrogen) atoms. The van der Waals surface area contributed by atoms with E-state index in [1.54, 1.807) is 19.2 Å². The minimum Gasteiger partial charge on any atom is -0.768 e. The Labute approximate surface area is 131 Å². The van der Waals surface area contributed by atoms with Crippen molar-refractivity contribution in [2.75, 3.05) is 7.11 Å². The number of hydrogen-bond acceptors (Lipinski definition) is 3. The van der Waals surface area contributed by atoms with E-state index in [-0.39, 0.29) is 34.5 Å². The molecule has 0 spiro atoms. The molecule has 88 valence electrons. The predicted molar refractivity (Wildman–Crippen MR) is 65.6 cm³/mol. The molecule has 0 bridgehead atoms. The zero-order chi connectivity index (χ0) is 12.3. The molecule has 0 saturated carbocycles. The molecule has 0 heterocycles. The smallest absolute Gasteiger partial charge is 0.768 e. The fourth-order valence-electron chi connectivity index (χ4n) is 1.63. The van der Waals surface area contributed by atoms with Crippen molar-refractivity contribution in [3.8, 4) is 16.9 Å². The van der Waals surface area contributed by atoms with Crippen LogP contribution in [0.4, 0.5) is 0 Å². The molecule has 0 amide bonds. The fraction of sp³-hybridized carbons (Fsp3) is 0.0769. The van der Waals surface area contributed by atoms with Crippen molar-refractivity contribution in [3.63, 3.8) is 0 Å². The molecule has 2 aromatic carbocycles. The van der Waals surface area contributed by atoms with Crippen LogP contribution in [0.5, 0.6) is 5.75 Å². The molecule has 0 aliphatic carbocycles. The SMILES string of the molecule is COc1ccc(S(=O)[O-])cc1-c1ccccc1.[Na+]. The van der Waals surface area contributed by atoms with Gasteiger partial charge in [-0.1, -0.05) is 30.3 Å². The second-order valence-corrected chi connectivity index (χ2v) is 4.40. The van der Waals surface area contributed by atoms with Crippen molar-refractivity contribution in [3.05, 3.63) is 48.5 Å². The second kappa shape index (κ2) is 7.07. The molecule has 1 atom stereocenters. The van der Waals surface area contributed by atoms with Gasteiger partial charge in [0.15, 0.2) is 0 Å². The van der Waals surface area contributed by atoms with Gasteiger partial charge in [-0.15, -0.1) is 0 Å². The molecular weight excluding hydrogens is 259 g/mol. The molecule has 0 saturated heterocycles. The molecule has 0 aromatic heterocycles. The minimum atomic E-state index is -2.23. The summed E-state index contributed by atoms with van der Waals surface area (Å²) in [4.78, 5) is 0.254. The number of ether oxygens (including phenoxy) is 1. The van der Waals surface area contributed by atoms with Crippen LogP contribution in [-0.2, 0) is 11.1 Å². The first-order chi connectivity index (χ1) is 8.22. The Kier molecular flexibility index (Phi) is 6.05. The van der Waals surface area contributed by atoms with E-state index in [1.807, 2.05) is 30.3 Å². The van der Waals surface area contributed by atoms with Gasteiger partial charge >= 0.3 is 29.6 Å². The standard InChI is InChI=1S/C13H12O3S.Na/c1-16-13-8-7-11(17(14)15)9-12(13)10-5-3-2-4-6-10;/h2-9H,1H3,(H,14,15);/q;+1/p-1. The summed E-state index contributed by atoms with van der Waals surface area (Å²) in [6.07, 6.45) is 0. The van der Waals surface area contributed by atoms with Crippen LogP contribution in [0.1, 0.15) is 0 Å². The average Bonchev–Trinajstić information content (AvgIpc) is 2.39. The van der Waals surface area contributed by atoms with Crippen molar-refractivity contribution >= 4 is 11.1 Å². The molecule has 3 nitrogen and oxygen atoms in total. The van der Waals surface area contributed by atoms with E-state index >= 15 is 0 Å². The quantitative estimate of drug-likeness (QED) is 0.563. The van der Waals surface area contributed by atoms with Crippen molar-refractivity contribution in [2.24, 2.45) is 0 Å². The van der Waals surface area contributed by atoms with Gasteiger partial charge in [-0.25, -0.2) is 0 Å². The van der Waals surface area contributed by atoms with Gasteiger partial charge in [0.1, 0.15) is 5.75 Å². The Balaban J connectivity index is 0.00000162. The van der Waals surface area contributed by atoms with Crippen LogP contribution in [0.3, 0.4) is 0 Å². The Hall–Kier alpha value is -0.650. The van der Waals surface area contributed by atoms with Crippen molar-refractivity contribution < 1.29 is 43.1 Å². The summed E-state index contributed by atoms with van der Waals surface area (Å²) in [6.45, 7) is 0. The molecule has 0 N–H and O–H groups in total. The zero-order valence-corrected chi connectivity index (χ0v) is 13.1. The third-order valence-electron chi connectivity index (χ3n) is 2.45. The van der Waals surface area contributed by atoms with Gasteiger partial charge < -0.3 is 9.29 Å². The Morgan fingerprint density at radius 2 is 1.78 bits per heavy atom. The molecule has 5 heteroatoms. The van der Waals surface area contributed by atoms with Crippen molar-refractivity contribution in [1.29, 1.82) is 0 Å². The zero-order valence-electron chi connectivity index (χ0n) is 10.3. The van der Waals surface area contributed by atoms with Gasteiger partial charge in [0.2, 0.25) is 0 Å². The number of hydrogen-bond donors (Lipinski definition) is 0. The molecule has 2 rings (SSSR count). The molecule has 2 aromatic rings. The topological polar surface area (TPSA) is 49.4 Å². The van der Waals surface area contributed by atoms with Gasteiger partial charge in [-0.3, -0.25) is 4.21 Å². The monoisotopic (exact) mass is 270 g/mol. The Morgan fingerprint density at radius 1 is 1.11 bits per heavy atom. The summed E-state index contributed by atoms with van der Waals surface area (Å²) in [6, 6.07) is 14.3. The molecule has 0 aliphatic heterocycles. The second-order valence-electron chi connectivity index (χ2n) is 3.46. The van der Waals surface area contributed by atoms with Crippen LogP contribution >= 0.6 is 0 Å². The molecule has 1 unspecified atom stereocenters. The van der Waals surface area contributed by atoms with Gasteiger partial charge in [-0.05, 0) is 34.8 Å². The van der Waals surface area contributed by atoms with Gasteiger partial charge in [0, 0.05) is 10.5 Å². The van der Waals surface area contributed by atoms with E-state index in [0.29, 0.717) is 5.75 Å². The van der Waals surface area contributed by atoms with E-state index in [0.717, 1.165) is 11.1 Å². The molecule has 0 radical (unpaired) electrons. The van der Waals surface area contributed by atoms with Crippen LogP contribution < -0.4 is 34.3 Å². The van der Waals surface area contributed by atoms with E-state index in [2.05, 4.69) is 0 Å². The molecule has 0 aliphatic rings. The molecular formula is C13H11NaO3S. The number of benzene rings is 2. The van der Waals surface area contributed by atoms with E-state index in [4.69, 9.17) is 4.74 Å². The third-order valence-corrected chi connectivity index (χ3v) is 3.09. The van der Waals surface area contributed by atoms with Crippen LogP contribution in [0.2, 0.25) is 0 Å². The number of methoxy groups -OCH3 is 1.